The van der Waals surface area contributed by atoms with Crippen molar-refractivity contribution < 1.29 is 19.1 Å². The molecule has 0 bridgehead atoms. The molecule has 1 aromatic rings. The molecule has 1 atom stereocenters. The molecule has 0 aliphatic rings. The molecular formula is C17H23N2O4. The smallest absolute Gasteiger partial charge is 0.408 e. The van der Waals surface area contributed by atoms with E-state index in [0.717, 1.165) is 18.3 Å². The summed E-state index contributed by atoms with van der Waals surface area (Å²) in [6.07, 6.45) is 2.35. The molecule has 0 heterocycles. The number of ether oxygens (including phenoxy) is 1. The lowest BCUT2D eigenvalue weighted by molar-refractivity contribution is -0.123. The second-order valence-electron chi connectivity index (χ2n) is 5.00. The zero-order chi connectivity index (χ0) is 16.9. The molecule has 0 aliphatic carbocycles. The van der Waals surface area contributed by atoms with Gasteiger partial charge in [-0.15, -0.1) is 0 Å². The van der Waals surface area contributed by atoms with Gasteiger partial charge in [0, 0.05) is 13.0 Å². The first-order valence-electron chi connectivity index (χ1n) is 7.65. The van der Waals surface area contributed by atoms with Gasteiger partial charge < -0.3 is 20.2 Å². The van der Waals surface area contributed by atoms with Gasteiger partial charge in [-0.25, -0.2) is 4.79 Å². The number of hydrogen-bond donors (Lipinski definition) is 2. The second kappa shape index (κ2) is 11.2. The van der Waals surface area contributed by atoms with Crippen molar-refractivity contribution in [3.05, 3.63) is 42.8 Å². The van der Waals surface area contributed by atoms with Crippen LogP contribution in [0.4, 0.5) is 4.79 Å². The monoisotopic (exact) mass is 319 g/mol. The lowest BCUT2D eigenvalue weighted by atomic mass is 10.2. The molecule has 1 radical (unpaired) electrons. The van der Waals surface area contributed by atoms with E-state index in [1.165, 1.54) is 0 Å². The maximum absolute atomic E-state index is 11.9. The molecule has 6 nitrogen and oxygen atoms in total. The largest absolute Gasteiger partial charge is 0.445 e. The van der Waals surface area contributed by atoms with E-state index in [9.17, 15) is 14.4 Å². The van der Waals surface area contributed by atoms with E-state index in [1.54, 1.807) is 0 Å². The van der Waals surface area contributed by atoms with Crippen LogP contribution in [-0.2, 0) is 20.9 Å². The lowest BCUT2D eigenvalue weighted by Gasteiger charge is -2.16. The van der Waals surface area contributed by atoms with Crippen molar-refractivity contribution in [3.8, 4) is 0 Å². The summed E-state index contributed by atoms with van der Waals surface area (Å²) in [5.41, 5.74) is 0.869. The minimum absolute atomic E-state index is 0.143. The van der Waals surface area contributed by atoms with E-state index >= 15 is 0 Å². The normalized spacial score (nSPS) is 11.3. The minimum Gasteiger partial charge on any atom is -0.445 e. The zero-order valence-electron chi connectivity index (χ0n) is 13.1. The number of alkyl carbamates (subject to hydrolysis) is 1. The zero-order valence-corrected chi connectivity index (χ0v) is 13.1. The SMILES string of the molecule is [CH2]C[C@H](NC(=O)OCc1ccccc1)C(=O)NCCCCC=O. The Morgan fingerprint density at radius 3 is 2.61 bits per heavy atom. The van der Waals surface area contributed by atoms with Crippen LogP contribution < -0.4 is 10.6 Å². The van der Waals surface area contributed by atoms with Crippen LogP contribution in [0.5, 0.6) is 0 Å². The first-order valence-corrected chi connectivity index (χ1v) is 7.65. The standard InChI is InChI=1S/C17H23N2O4/c1-2-15(16(21)18-11-7-4-8-12-20)19-17(22)23-13-14-9-5-3-6-10-14/h3,5-6,9-10,12,15H,1-2,4,7-8,11,13H2,(H,18,21)(H,19,22)/t15-/m0/s1. The van der Waals surface area contributed by atoms with Gasteiger partial charge in [-0.3, -0.25) is 4.79 Å². The third kappa shape index (κ3) is 7.99. The Morgan fingerprint density at radius 1 is 1.22 bits per heavy atom. The van der Waals surface area contributed by atoms with Gasteiger partial charge in [0.25, 0.3) is 0 Å². The molecule has 0 spiro atoms. The van der Waals surface area contributed by atoms with Crippen LogP contribution >= 0.6 is 0 Å². The molecular weight excluding hydrogens is 296 g/mol. The maximum atomic E-state index is 11.9. The molecule has 23 heavy (non-hydrogen) atoms. The molecule has 0 aromatic heterocycles. The number of rotatable bonds is 10. The Balaban J connectivity index is 2.29. The molecule has 2 amide bonds. The van der Waals surface area contributed by atoms with E-state index in [4.69, 9.17) is 4.74 Å². The number of benzene rings is 1. The van der Waals surface area contributed by atoms with Crippen LogP contribution in [0.3, 0.4) is 0 Å². The number of aldehydes is 1. The number of amides is 2. The molecule has 0 unspecified atom stereocenters. The number of carbonyl (C=O) groups is 3. The second-order valence-corrected chi connectivity index (χ2v) is 5.00. The third-order valence-corrected chi connectivity index (χ3v) is 3.16. The summed E-state index contributed by atoms with van der Waals surface area (Å²) in [5.74, 6) is -0.303. The van der Waals surface area contributed by atoms with Crippen LogP contribution in [-0.4, -0.2) is 30.9 Å². The fourth-order valence-corrected chi connectivity index (χ4v) is 1.86. The molecule has 6 heteroatoms. The molecule has 125 valence electrons. The van der Waals surface area contributed by atoms with E-state index < -0.39 is 12.1 Å². The van der Waals surface area contributed by atoms with Gasteiger partial charge >= 0.3 is 6.09 Å². The predicted molar refractivity (Wildman–Crippen MR) is 86.4 cm³/mol. The first kappa shape index (κ1) is 18.7. The molecule has 0 fully saturated rings. The summed E-state index contributed by atoms with van der Waals surface area (Å²) in [5, 5.41) is 5.20. The third-order valence-electron chi connectivity index (χ3n) is 3.16. The Hall–Kier alpha value is -2.37. The van der Waals surface area contributed by atoms with Crippen molar-refractivity contribution in [1.29, 1.82) is 0 Å². The van der Waals surface area contributed by atoms with Gasteiger partial charge in [0.15, 0.2) is 0 Å². The number of unbranched alkanes of at least 4 members (excludes halogenated alkanes) is 2. The van der Waals surface area contributed by atoms with E-state index in [-0.39, 0.29) is 18.9 Å². The van der Waals surface area contributed by atoms with Crippen LogP contribution in [0, 0.1) is 6.92 Å². The van der Waals surface area contributed by atoms with Crippen LogP contribution in [0.25, 0.3) is 0 Å². The Morgan fingerprint density at radius 2 is 1.96 bits per heavy atom. The Bertz CT molecular complexity index is 491. The Kier molecular flexibility index (Phi) is 9.12. The van der Waals surface area contributed by atoms with Gasteiger partial charge in [-0.1, -0.05) is 37.3 Å². The first-order chi connectivity index (χ1) is 11.2. The highest BCUT2D eigenvalue weighted by atomic mass is 16.5. The summed E-state index contributed by atoms with van der Waals surface area (Å²) in [4.78, 5) is 33.8. The van der Waals surface area contributed by atoms with Crippen molar-refractivity contribution in [1.82, 2.24) is 10.6 Å². The molecule has 0 aliphatic heterocycles. The molecule has 1 rings (SSSR count). The molecule has 0 saturated carbocycles. The van der Waals surface area contributed by atoms with E-state index in [1.807, 2.05) is 30.3 Å². The van der Waals surface area contributed by atoms with Gasteiger partial charge in [-0.2, -0.15) is 0 Å². The van der Waals surface area contributed by atoms with Crippen molar-refractivity contribution >= 4 is 18.3 Å². The maximum Gasteiger partial charge on any atom is 0.408 e. The van der Waals surface area contributed by atoms with Gasteiger partial charge in [0.2, 0.25) is 5.91 Å². The van der Waals surface area contributed by atoms with Crippen molar-refractivity contribution in [2.75, 3.05) is 6.54 Å². The van der Waals surface area contributed by atoms with Gasteiger partial charge in [0.1, 0.15) is 18.9 Å². The topological polar surface area (TPSA) is 84.5 Å². The molecule has 0 saturated heterocycles. The van der Waals surface area contributed by atoms with Crippen molar-refractivity contribution in [3.63, 3.8) is 0 Å². The van der Waals surface area contributed by atoms with E-state index in [0.29, 0.717) is 19.4 Å². The highest BCUT2D eigenvalue weighted by Crippen LogP contribution is 2.01. The van der Waals surface area contributed by atoms with Crippen LogP contribution in [0.15, 0.2) is 30.3 Å². The average Bonchev–Trinajstić information content (AvgIpc) is 2.58. The van der Waals surface area contributed by atoms with Crippen LogP contribution in [0.2, 0.25) is 0 Å². The van der Waals surface area contributed by atoms with Crippen molar-refractivity contribution in [2.24, 2.45) is 0 Å². The fraction of sp³-hybridized carbons (Fsp3) is 0.412. The van der Waals surface area contributed by atoms with Crippen molar-refractivity contribution in [2.45, 2.75) is 38.3 Å². The van der Waals surface area contributed by atoms with Crippen LogP contribution in [0.1, 0.15) is 31.2 Å². The van der Waals surface area contributed by atoms with E-state index in [2.05, 4.69) is 17.6 Å². The summed E-state index contributed by atoms with van der Waals surface area (Å²) >= 11 is 0. The predicted octanol–water partition coefficient (Wildman–Crippen LogP) is 1.99. The molecule has 1 aromatic carbocycles. The number of hydrogen-bond acceptors (Lipinski definition) is 4. The summed E-state index contributed by atoms with van der Waals surface area (Å²) < 4.78 is 5.07. The number of nitrogens with one attached hydrogen (secondary N) is 2. The highest BCUT2D eigenvalue weighted by Gasteiger charge is 2.19. The fourth-order valence-electron chi connectivity index (χ4n) is 1.86. The summed E-state index contributed by atoms with van der Waals surface area (Å²) in [6.45, 7) is 4.26. The summed E-state index contributed by atoms with van der Waals surface area (Å²) in [7, 11) is 0. The van der Waals surface area contributed by atoms with Gasteiger partial charge in [-0.05, 0) is 24.8 Å². The average molecular weight is 319 g/mol. The molecule has 2 N–H and O–H groups in total. The lowest BCUT2D eigenvalue weighted by Crippen LogP contribution is -2.46. The minimum atomic E-state index is -0.732. The number of carbonyl (C=O) groups excluding carboxylic acids is 3. The Labute approximate surface area is 136 Å². The highest BCUT2D eigenvalue weighted by molar-refractivity contribution is 5.85. The summed E-state index contributed by atoms with van der Waals surface area (Å²) in [6, 6.07) is 8.54. The quantitative estimate of drug-likeness (QED) is 0.510. The van der Waals surface area contributed by atoms with Gasteiger partial charge in [0.05, 0.1) is 0 Å².